The van der Waals surface area contributed by atoms with Crippen molar-refractivity contribution in [1.29, 1.82) is 0 Å². The smallest absolute Gasteiger partial charge is 0.0593 e. The second-order valence-corrected chi connectivity index (χ2v) is 2.85. The molecule has 0 aliphatic heterocycles. The van der Waals surface area contributed by atoms with Crippen molar-refractivity contribution in [2.24, 2.45) is 0 Å². The fraction of sp³-hybridized carbons (Fsp3) is 1.00. The van der Waals surface area contributed by atoms with Gasteiger partial charge in [0.15, 0.2) is 0 Å². The fourth-order valence-corrected chi connectivity index (χ4v) is 0.923. The Labute approximate surface area is 76.1 Å². The van der Waals surface area contributed by atoms with E-state index in [1.165, 1.54) is 0 Å². The van der Waals surface area contributed by atoms with Crippen molar-refractivity contribution in [3.05, 3.63) is 0 Å². The lowest BCUT2D eigenvalue weighted by Crippen LogP contribution is -2.31. The van der Waals surface area contributed by atoms with Gasteiger partial charge in [-0.2, -0.15) is 0 Å². The Kier molecular flexibility index (Phi) is 8.88. The average Bonchev–Trinajstić information content (AvgIpc) is 2.06. The summed E-state index contributed by atoms with van der Waals surface area (Å²) >= 11 is 0. The Hall–Kier alpha value is -0.120. The molecule has 0 aliphatic carbocycles. The summed E-state index contributed by atoms with van der Waals surface area (Å²) in [6, 6.07) is 0. The predicted octanol–water partition coefficient (Wildman–Crippen LogP) is 0.564. The molecule has 0 aromatic rings. The van der Waals surface area contributed by atoms with Crippen LogP contribution < -0.4 is 5.32 Å². The van der Waals surface area contributed by atoms with Crippen LogP contribution >= 0.6 is 0 Å². The third-order valence-corrected chi connectivity index (χ3v) is 1.74. The minimum Gasteiger partial charge on any atom is -0.380 e. The normalized spacial score (nSPS) is 11.0. The quantitative estimate of drug-likeness (QED) is 0.544. The van der Waals surface area contributed by atoms with Crippen LogP contribution in [0.3, 0.4) is 0 Å². The van der Waals surface area contributed by atoms with Gasteiger partial charge in [-0.05, 0) is 20.5 Å². The van der Waals surface area contributed by atoms with Crippen LogP contribution in [0.4, 0.5) is 0 Å². The number of nitrogens with one attached hydrogen (secondary N) is 1. The van der Waals surface area contributed by atoms with Crippen molar-refractivity contribution < 1.29 is 4.74 Å². The fourth-order valence-electron chi connectivity index (χ4n) is 0.923. The summed E-state index contributed by atoms with van der Waals surface area (Å²) < 4.78 is 5.25. The van der Waals surface area contributed by atoms with E-state index in [9.17, 15) is 0 Å². The first-order valence-corrected chi connectivity index (χ1v) is 4.78. The molecular weight excluding hydrogens is 152 g/mol. The first-order chi connectivity index (χ1) is 5.81. The molecule has 0 atom stereocenters. The van der Waals surface area contributed by atoms with Crippen molar-refractivity contribution in [2.75, 3.05) is 46.4 Å². The zero-order valence-electron chi connectivity index (χ0n) is 8.60. The molecule has 3 nitrogen and oxygen atoms in total. The molecule has 1 N–H and O–H groups in total. The third kappa shape index (κ3) is 7.98. The van der Waals surface area contributed by atoms with Gasteiger partial charge in [0.1, 0.15) is 0 Å². The Bertz CT molecular complexity index is 78.6. The summed E-state index contributed by atoms with van der Waals surface area (Å²) in [5.74, 6) is 0. The molecule has 0 amide bonds. The maximum Gasteiger partial charge on any atom is 0.0593 e. The van der Waals surface area contributed by atoms with E-state index in [4.69, 9.17) is 4.74 Å². The molecule has 0 saturated carbocycles. The van der Waals surface area contributed by atoms with Gasteiger partial charge in [-0.3, -0.25) is 0 Å². The summed E-state index contributed by atoms with van der Waals surface area (Å²) in [5, 5.41) is 3.29. The Balaban J connectivity index is 3.04. The van der Waals surface area contributed by atoms with Gasteiger partial charge in [0, 0.05) is 26.2 Å². The first-order valence-electron chi connectivity index (χ1n) is 4.78. The molecule has 0 fully saturated rings. The molecule has 0 rings (SSSR count). The van der Waals surface area contributed by atoms with Gasteiger partial charge >= 0.3 is 0 Å². The van der Waals surface area contributed by atoms with E-state index < -0.39 is 0 Å². The molecule has 0 aromatic carbocycles. The lowest BCUT2D eigenvalue weighted by Gasteiger charge is -2.16. The van der Waals surface area contributed by atoms with Gasteiger partial charge in [-0.1, -0.05) is 6.92 Å². The average molecular weight is 174 g/mol. The van der Waals surface area contributed by atoms with Crippen molar-refractivity contribution in [3.8, 4) is 0 Å². The van der Waals surface area contributed by atoms with Gasteiger partial charge in [-0.25, -0.2) is 0 Å². The Morgan fingerprint density at radius 3 is 2.58 bits per heavy atom. The van der Waals surface area contributed by atoms with Crippen LogP contribution in [0, 0.1) is 0 Å². The van der Waals surface area contributed by atoms with Gasteiger partial charge in [0.2, 0.25) is 0 Å². The second kappa shape index (κ2) is 8.97. The van der Waals surface area contributed by atoms with Gasteiger partial charge in [-0.15, -0.1) is 0 Å². The molecule has 0 saturated heterocycles. The van der Waals surface area contributed by atoms with Gasteiger partial charge in [0.05, 0.1) is 6.61 Å². The predicted molar refractivity (Wildman–Crippen MR) is 52.5 cm³/mol. The van der Waals surface area contributed by atoms with Crippen molar-refractivity contribution in [1.82, 2.24) is 10.2 Å². The van der Waals surface area contributed by atoms with E-state index in [1.807, 2.05) is 6.92 Å². The topological polar surface area (TPSA) is 24.5 Å². The van der Waals surface area contributed by atoms with Crippen molar-refractivity contribution >= 4 is 0 Å². The van der Waals surface area contributed by atoms with E-state index in [0.717, 1.165) is 39.4 Å². The highest BCUT2D eigenvalue weighted by Crippen LogP contribution is 1.81. The minimum atomic E-state index is 0.820. The van der Waals surface area contributed by atoms with Crippen molar-refractivity contribution in [3.63, 3.8) is 0 Å². The second-order valence-electron chi connectivity index (χ2n) is 2.85. The molecule has 0 heterocycles. The number of hydrogen-bond acceptors (Lipinski definition) is 3. The molecule has 0 aliphatic rings. The maximum absolute atomic E-state index is 5.25. The van der Waals surface area contributed by atoms with E-state index >= 15 is 0 Å². The Morgan fingerprint density at radius 2 is 2.00 bits per heavy atom. The molecule has 0 radical (unpaired) electrons. The number of likely N-dealkylation sites (N-methyl/N-ethyl adjacent to an activating group) is 2. The lowest BCUT2D eigenvalue weighted by molar-refractivity contribution is 0.122. The molecule has 74 valence electrons. The number of ether oxygens (including phenoxy) is 1. The largest absolute Gasteiger partial charge is 0.380 e. The Morgan fingerprint density at radius 1 is 1.25 bits per heavy atom. The van der Waals surface area contributed by atoms with Gasteiger partial charge < -0.3 is 15.0 Å². The van der Waals surface area contributed by atoms with Crippen LogP contribution in [0.15, 0.2) is 0 Å². The highest BCUT2D eigenvalue weighted by Gasteiger charge is 1.95. The monoisotopic (exact) mass is 174 g/mol. The molecule has 0 spiro atoms. The molecule has 12 heavy (non-hydrogen) atoms. The maximum atomic E-state index is 5.25. The minimum absolute atomic E-state index is 0.820. The van der Waals surface area contributed by atoms with Crippen LogP contribution in [-0.2, 0) is 4.74 Å². The van der Waals surface area contributed by atoms with Crippen LogP contribution in [0.2, 0.25) is 0 Å². The molecular formula is C9H22N2O. The SMILES string of the molecule is CCNCCN(C)CCOCC. The molecule has 0 aromatic heterocycles. The lowest BCUT2D eigenvalue weighted by atomic mass is 10.5. The summed E-state index contributed by atoms with van der Waals surface area (Å²) in [7, 11) is 2.12. The number of nitrogens with zero attached hydrogens (tertiary/aromatic N) is 1. The van der Waals surface area contributed by atoms with Crippen LogP contribution in [0.5, 0.6) is 0 Å². The number of hydrogen-bond donors (Lipinski definition) is 1. The zero-order chi connectivity index (χ0) is 9.23. The van der Waals surface area contributed by atoms with Crippen LogP contribution in [0.1, 0.15) is 13.8 Å². The summed E-state index contributed by atoms with van der Waals surface area (Å²) in [5.41, 5.74) is 0. The van der Waals surface area contributed by atoms with Gasteiger partial charge in [0.25, 0.3) is 0 Å². The van der Waals surface area contributed by atoms with E-state index in [-0.39, 0.29) is 0 Å². The van der Waals surface area contributed by atoms with Crippen LogP contribution in [-0.4, -0.2) is 51.3 Å². The van der Waals surface area contributed by atoms with E-state index in [0.29, 0.717) is 0 Å². The standard InChI is InChI=1S/C9H22N2O/c1-4-10-6-7-11(3)8-9-12-5-2/h10H,4-9H2,1-3H3. The number of rotatable bonds is 8. The summed E-state index contributed by atoms with van der Waals surface area (Å²) in [6.07, 6.45) is 0. The summed E-state index contributed by atoms with van der Waals surface area (Å²) in [4.78, 5) is 2.28. The highest BCUT2D eigenvalue weighted by molar-refractivity contribution is 4.52. The molecule has 3 heteroatoms. The summed E-state index contributed by atoms with van der Waals surface area (Å²) in [6.45, 7) is 10.1. The van der Waals surface area contributed by atoms with Crippen LogP contribution in [0.25, 0.3) is 0 Å². The highest BCUT2D eigenvalue weighted by atomic mass is 16.5. The van der Waals surface area contributed by atoms with Crippen molar-refractivity contribution in [2.45, 2.75) is 13.8 Å². The third-order valence-electron chi connectivity index (χ3n) is 1.74. The van der Waals surface area contributed by atoms with E-state index in [1.54, 1.807) is 0 Å². The molecule has 0 bridgehead atoms. The first kappa shape index (κ1) is 11.9. The zero-order valence-corrected chi connectivity index (χ0v) is 8.60. The molecule has 0 unspecified atom stereocenters. The van der Waals surface area contributed by atoms with E-state index in [2.05, 4.69) is 24.2 Å².